The average Bonchev–Trinajstić information content (AvgIpc) is 3.30. The minimum Gasteiger partial charge on any atom is -0.494 e. The van der Waals surface area contributed by atoms with Crippen molar-refractivity contribution in [3.05, 3.63) is 29.8 Å². The maximum atomic E-state index is 13.2. The van der Waals surface area contributed by atoms with Gasteiger partial charge in [-0.2, -0.15) is 5.26 Å². The smallest absolute Gasteiger partial charge is 0.245 e. The summed E-state index contributed by atoms with van der Waals surface area (Å²) >= 11 is 0. The molecular weight excluding hydrogens is 420 g/mol. The number of para-hydroxylation sites is 1. The number of hydrogen-bond acceptors (Lipinski definition) is 5. The van der Waals surface area contributed by atoms with E-state index in [9.17, 15) is 9.59 Å². The van der Waals surface area contributed by atoms with E-state index in [2.05, 4.69) is 15.6 Å². The van der Waals surface area contributed by atoms with Gasteiger partial charge < -0.3 is 19.9 Å². The second kappa shape index (κ2) is 12.7. The van der Waals surface area contributed by atoms with Gasteiger partial charge in [0.05, 0.1) is 13.2 Å². The van der Waals surface area contributed by atoms with E-state index in [1.807, 2.05) is 42.3 Å². The van der Waals surface area contributed by atoms with Gasteiger partial charge in [0.1, 0.15) is 11.8 Å². The molecule has 2 N–H and O–H groups in total. The number of nitriles is 1. The molecule has 2 heterocycles. The zero-order chi connectivity index (χ0) is 23.5. The van der Waals surface area contributed by atoms with Crippen LogP contribution in [0.3, 0.4) is 0 Å². The van der Waals surface area contributed by atoms with Gasteiger partial charge >= 0.3 is 0 Å². The highest BCUT2D eigenvalue weighted by Gasteiger charge is 2.30. The Kier molecular flexibility index (Phi) is 9.36. The fourth-order valence-corrected chi connectivity index (χ4v) is 4.26. The molecule has 3 rings (SSSR count). The second-order valence-electron chi connectivity index (χ2n) is 8.30. The van der Waals surface area contributed by atoms with Crippen LogP contribution in [0, 0.1) is 11.5 Å². The summed E-state index contributed by atoms with van der Waals surface area (Å²) in [5.74, 6) is 1.00. The standard InChI is InChI=1S/C24H34N6O3/c1-2-33-21-11-4-3-9-19(21)12-13-26-24(27-18-25)28-20-10-5-6-16-30(23(20)32)17-22(31)29-14-7-8-15-29/h3-4,9,11,20H,2,5-8,10,12-17H2,1H3,(H2,26,27,28)/t20-/m0/s1. The first kappa shape index (κ1) is 24.4. The molecule has 2 aliphatic heterocycles. The minimum absolute atomic E-state index is 0.0125. The van der Waals surface area contributed by atoms with E-state index in [0.717, 1.165) is 50.1 Å². The fourth-order valence-electron chi connectivity index (χ4n) is 4.26. The van der Waals surface area contributed by atoms with Crippen LogP contribution >= 0.6 is 0 Å². The first-order valence-electron chi connectivity index (χ1n) is 11.9. The number of carbonyl (C=O) groups excluding carboxylic acids is 2. The topological polar surface area (TPSA) is 110 Å². The van der Waals surface area contributed by atoms with Gasteiger partial charge in [-0.15, -0.1) is 0 Å². The lowest BCUT2D eigenvalue weighted by atomic mass is 10.1. The summed E-state index contributed by atoms with van der Waals surface area (Å²) in [7, 11) is 0. The molecule has 9 heteroatoms. The van der Waals surface area contributed by atoms with Crippen LogP contribution in [0.2, 0.25) is 0 Å². The summed E-state index contributed by atoms with van der Waals surface area (Å²) < 4.78 is 5.66. The molecule has 0 radical (unpaired) electrons. The number of rotatable bonds is 8. The van der Waals surface area contributed by atoms with Crippen LogP contribution in [0.5, 0.6) is 5.75 Å². The highest BCUT2D eigenvalue weighted by molar-refractivity contribution is 5.92. The third-order valence-corrected chi connectivity index (χ3v) is 5.97. The number of nitrogens with one attached hydrogen (secondary N) is 2. The Labute approximate surface area is 195 Å². The average molecular weight is 455 g/mol. The number of carbonyl (C=O) groups is 2. The molecule has 1 atom stereocenters. The lowest BCUT2D eigenvalue weighted by Gasteiger charge is -2.27. The van der Waals surface area contributed by atoms with Crippen molar-refractivity contribution in [2.75, 3.05) is 39.3 Å². The summed E-state index contributed by atoms with van der Waals surface area (Å²) in [6.45, 7) is 5.20. The van der Waals surface area contributed by atoms with E-state index in [1.165, 1.54) is 0 Å². The van der Waals surface area contributed by atoms with Crippen LogP contribution in [0.15, 0.2) is 29.3 Å². The summed E-state index contributed by atoms with van der Waals surface area (Å²) in [6.07, 6.45) is 6.93. The van der Waals surface area contributed by atoms with Crippen molar-refractivity contribution < 1.29 is 14.3 Å². The molecule has 2 saturated heterocycles. The van der Waals surface area contributed by atoms with E-state index >= 15 is 0 Å². The number of benzene rings is 1. The van der Waals surface area contributed by atoms with E-state index in [4.69, 9.17) is 10.00 Å². The molecule has 0 unspecified atom stereocenters. The number of ether oxygens (including phenoxy) is 1. The van der Waals surface area contributed by atoms with Crippen LogP contribution in [-0.4, -0.2) is 72.9 Å². The molecule has 1 aromatic carbocycles. The van der Waals surface area contributed by atoms with Crippen molar-refractivity contribution in [2.45, 2.75) is 51.5 Å². The van der Waals surface area contributed by atoms with Crippen LogP contribution < -0.4 is 15.4 Å². The molecular formula is C24H34N6O3. The van der Waals surface area contributed by atoms with E-state index < -0.39 is 6.04 Å². The number of nitrogens with zero attached hydrogens (tertiary/aromatic N) is 4. The number of guanidine groups is 1. The fraction of sp³-hybridized carbons (Fsp3) is 0.583. The summed E-state index contributed by atoms with van der Waals surface area (Å²) in [4.78, 5) is 33.7. The monoisotopic (exact) mass is 454 g/mol. The van der Waals surface area contributed by atoms with Gasteiger partial charge in [0.2, 0.25) is 17.8 Å². The lowest BCUT2D eigenvalue weighted by Crippen LogP contribution is -2.52. The Morgan fingerprint density at radius 1 is 1.21 bits per heavy atom. The van der Waals surface area contributed by atoms with Gasteiger partial charge in [-0.1, -0.05) is 18.2 Å². The van der Waals surface area contributed by atoms with E-state index in [1.54, 1.807) is 4.90 Å². The summed E-state index contributed by atoms with van der Waals surface area (Å²) in [5.41, 5.74) is 1.04. The normalized spacial score (nSPS) is 19.1. The SMILES string of the molecule is CCOc1ccccc1CCN=C(NC#N)N[C@H]1CCCCN(CC(=O)N2CCCC2)C1=O. The van der Waals surface area contributed by atoms with Crippen molar-refractivity contribution in [3.63, 3.8) is 0 Å². The molecule has 2 aliphatic rings. The summed E-state index contributed by atoms with van der Waals surface area (Å²) in [6, 6.07) is 7.29. The molecule has 9 nitrogen and oxygen atoms in total. The molecule has 0 aromatic heterocycles. The third kappa shape index (κ3) is 7.11. The molecule has 0 bridgehead atoms. The number of hydrogen-bond donors (Lipinski definition) is 2. The zero-order valence-electron chi connectivity index (χ0n) is 19.4. The quantitative estimate of drug-likeness (QED) is 0.268. The van der Waals surface area contributed by atoms with Crippen LogP contribution in [0.4, 0.5) is 0 Å². The highest BCUT2D eigenvalue weighted by atomic mass is 16.5. The van der Waals surface area contributed by atoms with Gasteiger partial charge in [0.15, 0.2) is 6.19 Å². The Hall–Kier alpha value is -3.28. The zero-order valence-corrected chi connectivity index (χ0v) is 19.4. The molecule has 2 amide bonds. The maximum Gasteiger partial charge on any atom is 0.245 e. The van der Waals surface area contributed by atoms with Gasteiger partial charge in [-0.3, -0.25) is 19.9 Å². The third-order valence-electron chi connectivity index (χ3n) is 5.97. The van der Waals surface area contributed by atoms with E-state index in [-0.39, 0.29) is 24.3 Å². The number of likely N-dealkylation sites (tertiary alicyclic amines) is 2. The first-order valence-corrected chi connectivity index (χ1v) is 11.9. The van der Waals surface area contributed by atoms with Crippen molar-refractivity contribution in [1.29, 1.82) is 5.26 Å². The molecule has 0 aliphatic carbocycles. The molecule has 33 heavy (non-hydrogen) atoms. The molecule has 178 valence electrons. The predicted molar refractivity (Wildman–Crippen MR) is 126 cm³/mol. The minimum atomic E-state index is -0.519. The highest BCUT2D eigenvalue weighted by Crippen LogP contribution is 2.18. The van der Waals surface area contributed by atoms with Gasteiger partial charge in [-0.05, 0) is 57.1 Å². The van der Waals surface area contributed by atoms with Crippen LogP contribution in [0.1, 0.15) is 44.6 Å². The molecule has 2 fully saturated rings. The van der Waals surface area contributed by atoms with Crippen LogP contribution in [0.25, 0.3) is 0 Å². The number of aliphatic imine (C=N–C) groups is 1. The molecule has 1 aromatic rings. The number of amides is 2. The largest absolute Gasteiger partial charge is 0.494 e. The first-order chi connectivity index (χ1) is 16.1. The summed E-state index contributed by atoms with van der Waals surface area (Å²) in [5, 5.41) is 14.8. The lowest BCUT2D eigenvalue weighted by molar-refractivity contribution is -0.140. The molecule has 0 saturated carbocycles. The van der Waals surface area contributed by atoms with Crippen molar-refractivity contribution >= 4 is 17.8 Å². The van der Waals surface area contributed by atoms with Crippen LogP contribution in [-0.2, 0) is 16.0 Å². The van der Waals surface area contributed by atoms with Crippen molar-refractivity contribution in [3.8, 4) is 11.9 Å². The van der Waals surface area contributed by atoms with Gasteiger partial charge in [0.25, 0.3) is 0 Å². The van der Waals surface area contributed by atoms with Crippen molar-refractivity contribution in [2.24, 2.45) is 4.99 Å². The predicted octanol–water partition coefficient (Wildman–Crippen LogP) is 1.65. The second-order valence-corrected chi connectivity index (χ2v) is 8.30. The Morgan fingerprint density at radius 2 is 1.97 bits per heavy atom. The Bertz CT molecular complexity index is 875. The molecule has 0 spiro atoms. The van der Waals surface area contributed by atoms with Crippen molar-refractivity contribution in [1.82, 2.24) is 20.4 Å². The Balaban J connectivity index is 1.61. The van der Waals surface area contributed by atoms with Gasteiger partial charge in [-0.25, -0.2) is 0 Å². The Morgan fingerprint density at radius 3 is 2.73 bits per heavy atom. The maximum absolute atomic E-state index is 13.2. The van der Waals surface area contributed by atoms with Gasteiger partial charge in [0, 0.05) is 26.2 Å². The van der Waals surface area contributed by atoms with E-state index in [0.29, 0.717) is 32.5 Å².